The number of aromatic nitrogens is 2. The van der Waals surface area contributed by atoms with Gasteiger partial charge in [0, 0.05) is 11.1 Å². The number of nitrogens with one attached hydrogen (secondary N) is 2. The predicted molar refractivity (Wildman–Crippen MR) is 78.1 cm³/mol. The maximum atomic E-state index is 13.2. The molecule has 0 bridgehead atoms. The topological polar surface area (TPSA) is 83.8 Å². The Morgan fingerprint density at radius 1 is 1.29 bits per heavy atom. The van der Waals surface area contributed by atoms with Crippen molar-refractivity contribution in [2.75, 3.05) is 5.32 Å². The molecule has 106 valence electrons. The molecule has 1 amide bonds. The minimum absolute atomic E-state index is 0.400. The lowest BCUT2D eigenvalue weighted by molar-refractivity contribution is -0.117. The highest BCUT2D eigenvalue weighted by molar-refractivity contribution is 5.97. The molecule has 0 saturated carbocycles. The third kappa shape index (κ3) is 2.75. The Kier molecular flexibility index (Phi) is 3.37. The number of hydrogen-bond donors (Lipinski definition) is 3. The van der Waals surface area contributed by atoms with Gasteiger partial charge in [0.2, 0.25) is 5.91 Å². The van der Waals surface area contributed by atoms with E-state index in [-0.39, 0.29) is 0 Å². The van der Waals surface area contributed by atoms with Crippen molar-refractivity contribution in [3.63, 3.8) is 0 Å². The van der Waals surface area contributed by atoms with Crippen molar-refractivity contribution in [2.45, 2.75) is 6.04 Å². The standard InChI is InChI=1S/C15H13FN4O/c16-11-3-1-2-9(6-11)14(17)15(21)19-12-4-5-13-10(7-12)8-18-20-13/h1-8,14H,17H2,(H,18,20)(H,19,21). The molecule has 0 fully saturated rings. The van der Waals surface area contributed by atoms with Crippen molar-refractivity contribution in [1.82, 2.24) is 10.2 Å². The Bertz CT molecular complexity index is 799. The lowest BCUT2D eigenvalue weighted by Crippen LogP contribution is -2.27. The van der Waals surface area contributed by atoms with Crippen LogP contribution in [0, 0.1) is 5.82 Å². The molecule has 1 unspecified atom stereocenters. The van der Waals surface area contributed by atoms with Crippen LogP contribution in [-0.2, 0) is 4.79 Å². The highest BCUT2D eigenvalue weighted by Crippen LogP contribution is 2.19. The number of carbonyl (C=O) groups excluding carboxylic acids is 1. The predicted octanol–water partition coefficient (Wildman–Crippen LogP) is 2.34. The van der Waals surface area contributed by atoms with Crippen LogP contribution in [0.15, 0.2) is 48.7 Å². The van der Waals surface area contributed by atoms with Crippen LogP contribution in [0.5, 0.6) is 0 Å². The molecule has 2 aromatic carbocycles. The number of amides is 1. The largest absolute Gasteiger partial charge is 0.324 e. The molecule has 0 radical (unpaired) electrons. The summed E-state index contributed by atoms with van der Waals surface area (Å²) in [5, 5.41) is 10.3. The zero-order valence-electron chi connectivity index (χ0n) is 11.0. The number of nitrogens with zero attached hydrogens (tertiary/aromatic N) is 1. The number of nitrogens with two attached hydrogens (primary N) is 1. The third-order valence-corrected chi connectivity index (χ3v) is 3.20. The van der Waals surface area contributed by atoms with Crippen LogP contribution in [0.1, 0.15) is 11.6 Å². The molecule has 4 N–H and O–H groups in total. The quantitative estimate of drug-likeness (QED) is 0.690. The summed E-state index contributed by atoms with van der Waals surface area (Å²) >= 11 is 0. The Morgan fingerprint density at radius 2 is 2.14 bits per heavy atom. The number of carbonyl (C=O) groups is 1. The Balaban J connectivity index is 1.78. The van der Waals surface area contributed by atoms with E-state index in [9.17, 15) is 9.18 Å². The molecular weight excluding hydrogens is 271 g/mol. The molecule has 5 nitrogen and oxygen atoms in total. The van der Waals surface area contributed by atoms with Crippen molar-refractivity contribution in [3.8, 4) is 0 Å². The molecule has 3 aromatic rings. The van der Waals surface area contributed by atoms with Gasteiger partial charge in [-0.1, -0.05) is 12.1 Å². The van der Waals surface area contributed by atoms with Gasteiger partial charge in [-0.2, -0.15) is 5.10 Å². The van der Waals surface area contributed by atoms with Crippen LogP contribution in [0.2, 0.25) is 0 Å². The van der Waals surface area contributed by atoms with Gasteiger partial charge in [0.05, 0.1) is 11.7 Å². The SMILES string of the molecule is NC(C(=O)Nc1ccc2[nH]ncc2c1)c1cccc(F)c1. The molecule has 1 heterocycles. The molecule has 21 heavy (non-hydrogen) atoms. The van der Waals surface area contributed by atoms with E-state index in [1.54, 1.807) is 24.4 Å². The van der Waals surface area contributed by atoms with Gasteiger partial charge in [0.15, 0.2) is 0 Å². The minimum Gasteiger partial charge on any atom is -0.324 e. The lowest BCUT2D eigenvalue weighted by Gasteiger charge is -2.12. The van der Waals surface area contributed by atoms with Gasteiger partial charge < -0.3 is 11.1 Å². The van der Waals surface area contributed by atoms with Gasteiger partial charge in [0.1, 0.15) is 11.9 Å². The van der Waals surface area contributed by atoms with Gasteiger partial charge in [-0.05, 0) is 35.9 Å². The third-order valence-electron chi connectivity index (χ3n) is 3.20. The molecule has 0 aliphatic carbocycles. The summed E-state index contributed by atoms with van der Waals surface area (Å²) in [5.41, 5.74) is 7.77. The number of H-pyrrole nitrogens is 1. The van der Waals surface area contributed by atoms with Crippen molar-refractivity contribution >= 4 is 22.5 Å². The van der Waals surface area contributed by atoms with Crippen LogP contribution < -0.4 is 11.1 Å². The summed E-state index contributed by atoms with van der Waals surface area (Å²) < 4.78 is 13.2. The molecule has 0 aliphatic rings. The second-order valence-electron chi connectivity index (χ2n) is 4.69. The fourth-order valence-corrected chi connectivity index (χ4v) is 2.09. The number of benzene rings is 2. The first kappa shape index (κ1) is 13.3. The summed E-state index contributed by atoms with van der Waals surface area (Å²) in [7, 11) is 0. The molecule has 0 aliphatic heterocycles. The van der Waals surface area contributed by atoms with Crippen LogP contribution in [0.25, 0.3) is 10.9 Å². The maximum Gasteiger partial charge on any atom is 0.245 e. The Hall–Kier alpha value is -2.73. The highest BCUT2D eigenvalue weighted by Gasteiger charge is 2.16. The monoisotopic (exact) mass is 284 g/mol. The van der Waals surface area contributed by atoms with E-state index in [0.717, 1.165) is 10.9 Å². The van der Waals surface area contributed by atoms with Crippen molar-refractivity contribution in [3.05, 3.63) is 60.0 Å². The number of rotatable bonds is 3. The summed E-state index contributed by atoms with van der Waals surface area (Å²) in [4.78, 5) is 12.1. The van der Waals surface area contributed by atoms with Crippen molar-refractivity contribution in [2.24, 2.45) is 5.73 Å². The van der Waals surface area contributed by atoms with Gasteiger partial charge in [0.25, 0.3) is 0 Å². The second-order valence-corrected chi connectivity index (χ2v) is 4.69. The molecule has 1 aromatic heterocycles. The fourth-order valence-electron chi connectivity index (χ4n) is 2.09. The zero-order valence-corrected chi connectivity index (χ0v) is 11.0. The molecule has 3 rings (SSSR count). The van der Waals surface area contributed by atoms with Crippen LogP contribution >= 0.6 is 0 Å². The molecule has 1 atom stereocenters. The summed E-state index contributed by atoms with van der Waals surface area (Å²) in [6, 6.07) is 10.1. The Morgan fingerprint density at radius 3 is 2.95 bits per heavy atom. The second kappa shape index (κ2) is 5.34. The number of anilines is 1. The van der Waals surface area contributed by atoms with Crippen LogP contribution in [-0.4, -0.2) is 16.1 Å². The summed E-state index contributed by atoms with van der Waals surface area (Å²) in [6.07, 6.45) is 1.66. The molecule has 0 spiro atoms. The highest BCUT2D eigenvalue weighted by atomic mass is 19.1. The number of aromatic amines is 1. The van der Waals surface area contributed by atoms with Crippen molar-refractivity contribution in [1.29, 1.82) is 0 Å². The van der Waals surface area contributed by atoms with Gasteiger partial charge >= 0.3 is 0 Å². The van der Waals surface area contributed by atoms with Crippen LogP contribution in [0.3, 0.4) is 0 Å². The van der Waals surface area contributed by atoms with E-state index in [1.807, 2.05) is 6.07 Å². The minimum atomic E-state index is -0.930. The first-order chi connectivity index (χ1) is 10.1. The summed E-state index contributed by atoms with van der Waals surface area (Å²) in [5.74, 6) is -0.820. The van der Waals surface area contributed by atoms with Gasteiger partial charge in [-0.3, -0.25) is 9.89 Å². The van der Waals surface area contributed by atoms with E-state index in [1.165, 1.54) is 18.2 Å². The van der Waals surface area contributed by atoms with Crippen LogP contribution in [0.4, 0.5) is 10.1 Å². The fraction of sp³-hybridized carbons (Fsp3) is 0.0667. The Labute approximate surface area is 120 Å². The average molecular weight is 284 g/mol. The number of hydrogen-bond acceptors (Lipinski definition) is 3. The maximum absolute atomic E-state index is 13.2. The first-order valence-electron chi connectivity index (χ1n) is 6.38. The van der Waals surface area contributed by atoms with Crippen molar-refractivity contribution < 1.29 is 9.18 Å². The van der Waals surface area contributed by atoms with Gasteiger partial charge in [-0.15, -0.1) is 0 Å². The molecule has 0 saturated heterocycles. The lowest BCUT2D eigenvalue weighted by atomic mass is 10.1. The number of halogens is 1. The van der Waals surface area contributed by atoms with Gasteiger partial charge in [-0.25, -0.2) is 4.39 Å². The van der Waals surface area contributed by atoms with E-state index in [2.05, 4.69) is 15.5 Å². The molecular formula is C15H13FN4O. The van der Waals surface area contributed by atoms with E-state index in [0.29, 0.717) is 11.3 Å². The average Bonchev–Trinajstić information content (AvgIpc) is 2.94. The summed E-state index contributed by atoms with van der Waals surface area (Å²) in [6.45, 7) is 0. The normalized spacial score (nSPS) is 12.3. The number of fused-ring (bicyclic) bond motifs is 1. The van der Waals surface area contributed by atoms with E-state index >= 15 is 0 Å². The first-order valence-corrected chi connectivity index (χ1v) is 6.38. The van der Waals surface area contributed by atoms with E-state index in [4.69, 9.17) is 5.73 Å². The van der Waals surface area contributed by atoms with E-state index < -0.39 is 17.8 Å². The molecule has 6 heteroatoms. The smallest absolute Gasteiger partial charge is 0.245 e. The zero-order chi connectivity index (χ0) is 14.8.